The van der Waals surface area contributed by atoms with Gasteiger partial charge in [-0.3, -0.25) is 10.1 Å². The van der Waals surface area contributed by atoms with E-state index >= 15 is 0 Å². The van der Waals surface area contributed by atoms with Crippen LogP contribution in [0.25, 0.3) is 0 Å². The van der Waals surface area contributed by atoms with Crippen LogP contribution in [0.1, 0.15) is 11.1 Å². The van der Waals surface area contributed by atoms with Gasteiger partial charge in [0.1, 0.15) is 11.4 Å². The molecule has 0 spiro atoms. The molecule has 0 aliphatic rings. The summed E-state index contributed by atoms with van der Waals surface area (Å²) < 4.78 is 5.15. The van der Waals surface area contributed by atoms with E-state index in [0.717, 1.165) is 16.9 Å². The summed E-state index contributed by atoms with van der Waals surface area (Å²) in [5.41, 5.74) is 2.58. The normalized spacial score (nSPS) is 10.1. The maximum atomic E-state index is 11.0. The molecule has 2 rings (SSSR count). The Balaban J connectivity index is 2.17. The second-order valence-corrected chi connectivity index (χ2v) is 4.48. The molecule has 0 saturated heterocycles. The molecular formula is C15H16N2O3. The van der Waals surface area contributed by atoms with Crippen LogP contribution < -0.4 is 10.1 Å². The fourth-order valence-electron chi connectivity index (χ4n) is 1.93. The number of nitro benzene ring substituents is 1. The van der Waals surface area contributed by atoms with Crippen molar-refractivity contribution in [3.63, 3.8) is 0 Å². The number of nitrogens with zero attached hydrogens (tertiary/aromatic N) is 1. The summed E-state index contributed by atoms with van der Waals surface area (Å²) in [7, 11) is 1.61. The number of nitro groups is 1. The minimum atomic E-state index is -0.382. The number of nitrogens with one attached hydrogen (secondary N) is 1. The first-order valence-electron chi connectivity index (χ1n) is 6.22. The van der Waals surface area contributed by atoms with E-state index in [4.69, 9.17) is 4.74 Å². The minimum absolute atomic E-state index is 0.0819. The molecule has 2 aromatic rings. The van der Waals surface area contributed by atoms with Crippen molar-refractivity contribution >= 4 is 11.4 Å². The SMILES string of the molecule is COc1cccc(CNc2cc(C)ccc2[N+](=O)[O-])c1. The standard InChI is InChI=1S/C15H16N2O3/c1-11-6-7-15(17(18)19)14(8-11)16-10-12-4-3-5-13(9-12)20-2/h3-9,16H,10H2,1-2H3. The van der Waals surface area contributed by atoms with Crippen LogP contribution in [0.15, 0.2) is 42.5 Å². The Labute approximate surface area is 117 Å². The van der Waals surface area contributed by atoms with Gasteiger partial charge >= 0.3 is 0 Å². The molecule has 0 fully saturated rings. The van der Waals surface area contributed by atoms with E-state index in [1.165, 1.54) is 6.07 Å². The second-order valence-electron chi connectivity index (χ2n) is 4.48. The summed E-state index contributed by atoms with van der Waals surface area (Å²) in [6, 6.07) is 12.6. The summed E-state index contributed by atoms with van der Waals surface area (Å²) >= 11 is 0. The van der Waals surface area contributed by atoms with Crippen molar-refractivity contribution in [3.8, 4) is 5.75 Å². The van der Waals surface area contributed by atoms with Gasteiger partial charge < -0.3 is 10.1 Å². The number of ether oxygens (including phenoxy) is 1. The lowest BCUT2D eigenvalue weighted by Crippen LogP contribution is -2.03. The zero-order valence-electron chi connectivity index (χ0n) is 11.4. The number of hydrogen-bond acceptors (Lipinski definition) is 4. The molecule has 0 saturated carbocycles. The monoisotopic (exact) mass is 272 g/mol. The molecule has 0 heterocycles. The lowest BCUT2D eigenvalue weighted by atomic mass is 10.1. The summed E-state index contributed by atoms with van der Waals surface area (Å²) in [5, 5.41) is 14.1. The molecule has 5 heteroatoms. The van der Waals surface area contributed by atoms with Crippen LogP contribution in [-0.4, -0.2) is 12.0 Å². The highest BCUT2D eigenvalue weighted by Crippen LogP contribution is 2.26. The Kier molecular flexibility index (Phi) is 4.20. The van der Waals surface area contributed by atoms with Gasteiger partial charge in [-0.15, -0.1) is 0 Å². The molecule has 5 nitrogen and oxygen atoms in total. The molecule has 0 radical (unpaired) electrons. The molecule has 20 heavy (non-hydrogen) atoms. The Hall–Kier alpha value is -2.56. The van der Waals surface area contributed by atoms with Crippen LogP contribution in [-0.2, 0) is 6.54 Å². The van der Waals surface area contributed by atoms with Gasteiger partial charge in [0, 0.05) is 12.6 Å². The molecule has 0 amide bonds. The lowest BCUT2D eigenvalue weighted by Gasteiger charge is -2.09. The van der Waals surface area contributed by atoms with Gasteiger partial charge in [-0.05, 0) is 36.2 Å². The van der Waals surface area contributed by atoms with Crippen molar-refractivity contribution in [1.29, 1.82) is 0 Å². The highest BCUT2D eigenvalue weighted by Gasteiger charge is 2.12. The first-order valence-corrected chi connectivity index (χ1v) is 6.22. The Morgan fingerprint density at radius 2 is 2.05 bits per heavy atom. The molecule has 0 aliphatic carbocycles. The number of anilines is 1. The molecular weight excluding hydrogens is 256 g/mol. The van der Waals surface area contributed by atoms with E-state index in [1.807, 2.05) is 31.2 Å². The van der Waals surface area contributed by atoms with Crippen LogP contribution in [0, 0.1) is 17.0 Å². The molecule has 0 unspecified atom stereocenters. The van der Waals surface area contributed by atoms with Crippen molar-refractivity contribution in [1.82, 2.24) is 0 Å². The zero-order valence-corrected chi connectivity index (χ0v) is 11.4. The average Bonchev–Trinajstić information content (AvgIpc) is 2.45. The first kappa shape index (κ1) is 13.9. The number of benzene rings is 2. The van der Waals surface area contributed by atoms with Gasteiger partial charge in [0.15, 0.2) is 0 Å². The zero-order chi connectivity index (χ0) is 14.5. The predicted octanol–water partition coefficient (Wildman–Crippen LogP) is 3.52. The predicted molar refractivity (Wildman–Crippen MR) is 78.2 cm³/mol. The van der Waals surface area contributed by atoms with Crippen molar-refractivity contribution in [3.05, 3.63) is 63.7 Å². The number of hydrogen-bond donors (Lipinski definition) is 1. The highest BCUT2D eigenvalue weighted by atomic mass is 16.6. The van der Waals surface area contributed by atoms with Crippen LogP contribution in [0.3, 0.4) is 0 Å². The van der Waals surface area contributed by atoms with E-state index < -0.39 is 0 Å². The van der Waals surface area contributed by atoms with E-state index in [1.54, 1.807) is 19.2 Å². The Morgan fingerprint density at radius 1 is 1.25 bits per heavy atom. The molecule has 1 N–H and O–H groups in total. The second kappa shape index (κ2) is 6.06. The van der Waals surface area contributed by atoms with Gasteiger partial charge in [0.25, 0.3) is 5.69 Å². The van der Waals surface area contributed by atoms with Crippen LogP contribution in [0.5, 0.6) is 5.75 Å². The van der Waals surface area contributed by atoms with E-state index in [-0.39, 0.29) is 10.6 Å². The molecule has 0 aliphatic heterocycles. The summed E-state index contributed by atoms with van der Waals surface area (Å²) in [5.74, 6) is 0.767. The summed E-state index contributed by atoms with van der Waals surface area (Å²) in [4.78, 5) is 10.6. The van der Waals surface area contributed by atoms with Gasteiger partial charge in [0.05, 0.1) is 12.0 Å². The molecule has 0 atom stereocenters. The molecule has 2 aromatic carbocycles. The third-order valence-electron chi connectivity index (χ3n) is 2.97. The fourth-order valence-corrected chi connectivity index (χ4v) is 1.93. The van der Waals surface area contributed by atoms with Gasteiger partial charge in [-0.25, -0.2) is 0 Å². The van der Waals surface area contributed by atoms with Crippen LogP contribution in [0.2, 0.25) is 0 Å². The molecule has 104 valence electrons. The number of aryl methyl sites for hydroxylation is 1. The maximum Gasteiger partial charge on any atom is 0.292 e. The average molecular weight is 272 g/mol. The highest BCUT2D eigenvalue weighted by molar-refractivity contribution is 5.62. The maximum absolute atomic E-state index is 11.0. The minimum Gasteiger partial charge on any atom is -0.497 e. The van der Waals surface area contributed by atoms with Crippen LogP contribution in [0.4, 0.5) is 11.4 Å². The van der Waals surface area contributed by atoms with Gasteiger partial charge in [-0.2, -0.15) is 0 Å². The van der Waals surface area contributed by atoms with Gasteiger partial charge in [-0.1, -0.05) is 18.2 Å². The van der Waals surface area contributed by atoms with E-state index in [9.17, 15) is 10.1 Å². The third-order valence-corrected chi connectivity index (χ3v) is 2.97. The Morgan fingerprint density at radius 3 is 2.75 bits per heavy atom. The quantitative estimate of drug-likeness (QED) is 0.668. The Bertz CT molecular complexity index is 626. The van der Waals surface area contributed by atoms with Crippen molar-refractivity contribution in [2.75, 3.05) is 12.4 Å². The molecule has 0 bridgehead atoms. The van der Waals surface area contributed by atoms with Crippen molar-refractivity contribution in [2.24, 2.45) is 0 Å². The summed E-state index contributed by atoms with van der Waals surface area (Å²) in [6.07, 6.45) is 0. The van der Waals surface area contributed by atoms with Gasteiger partial charge in [0.2, 0.25) is 0 Å². The number of rotatable bonds is 5. The fraction of sp³-hybridized carbons (Fsp3) is 0.200. The lowest BCUT2D eigenvalue weighted by molar-refractivity contribution is -0.384. The topological polar surface area (TPSA) is 64.4 Å². The first-order chi connectivity index (χ1) is 9.60. The van der Waals surface area contributed by atoms with Crippen LogP contribution >= 0.6 is 0 Å². The number of methoxy groups -OCH3 is 1. The largest absolute Gasteiger partial charge is 0.497 e. The smallest absolute Gasteiger partial charge is 0.292 e. The molecule has 0 aromatic heterocycles. The third kappa shape index (κ3) is 3.26. The summed E-state index contributed by atoms with van der Waals surface area (Å²) in [6.45, 7) is 2.40. The van der Waals surface area contributed by atoms with E-state index in [0.29, 0.717) is 12.2 Å². The van der Waals surface area contributed by atoms with Crippen molar-refractivity contribution < 1.29 is 9.66 Å². The van der Waals surface area contributed by atoms with E-state index in [2.05, 4.69) is 5.32 Å². The van der Waals surface area contributed by atoms with Crippen molar-refractivity contribution in [2.45, 2.75) is 13.5 Å².